The molecule has 2 aromatic rings. The number of ether oxygens (including phenoxy) is 1. The van der Waals surface area contributed by atoms with Gasteiger partial charge in [-0.2, -0.15) is 0 Å². The van der Waals surface area contributed by atoms with E-state index in [1.165, 1.54) is 23.5 Å². The molecule has 0 spiro atoms. The van der Waals surface area contributed by atoms with E-state index in [1.807, 2.05) is 33.3 Å². The van der Waals surface area contributed by atoms with Crippen LogP contribution in [0.2, 0.25) is 0 Å². The highest BCUT2D eigenvalue weighted by molar-refractivity contribution is 7.98. The van der Waals surface area contributed by atoms with Crippen molar-refractivity contribution in [3.8, 4) is 0 Å². The van der Waals surface area contributed by atoms with E-state index < -0.39 is 5.60 Å². The Labute approximate surface area is 148 Å². The first-order valence-corrected chi connectivity index (χ1v) is 9.71. The van der Waals surface area contributed by atoms with Crippen LogP contribution in [0.25, 0.3) is 0 Å². The Kier molecular flexibility index (Phi) is 6.27. The topological polar surface area (TPSA) is 104 Å². The number of carbonyl (C=O) groups is 1. The van der Waals surface area contributed by atoms with Gasteiger partial charge in [0, 0.05) is 6.42 Å². The maximum Gasteiger partial charge on any atom is 0.307 e. The summed E-state index contributed by atoms with van der Waals surface area (Å²) in [6, 6.07) is 0. The highest BCUT2D eigenvalue weighted by atomic mass is 32.2. The third-order valence-electron chi connectivity index (χ3n) is 2.82. The Morgan fingerprint density at radius 2 is 1.71 bits per heavy atom. The molecule has 8 nitrogen and oxygen atoms in total. The van der Waals surface area contributed by atoms with E-state index in [1.54, 1.807) is 0 Å². The lowest BCUT2D eigenvalue weighted by molar-refractivity contribution is -0.155. The van der Waals surface area contributed by atoms with Crippen LogP contribution in [0.15, 0.2) is 19.3 Å². The molecule has 0 saturated carbocycles. The van der Waals surface area contributed by atoms with Crippen molar-refractivity contribution in [2.75, 3.05) is 12.5 Å². The smallest absolute Gasteiger partial charge is 0.307 e. The van der Waals surface area contributed by atoms with E-state index in [-0.39, 0.29) is 18.3 Å². The molecular formula is C14H20N4O4S2. The summed E-state index contributed by atoms with van der Waals surface area (Å²) in [5, 5.41) is 16.7. The van der Waals surface area contributed by atoms with Gasteiger partial charge in [-0.15, -0.1) is 20.4 Å². The van der Waals surface area contributed by atoms with Gasteiger partial charge < -0.3 is 13.6 Å². The van der Waals surface area contributed by atoms with Gasteiger partial charge in [-0.3, -0.25) is 4.79 Å². The first-order valence-electron chi connectivity index (χ1n) is 7.26. The van der Waals surface area contributed by atoms with Gasteiger partial charge >= 0.3 is 5.97 Å². The Balaban J connectivity index is 2.15. The summed E-state index contributed by atoms with van der Waals surface area (Å²) >= 11 is 2.69. The van der Waals surface area contributed by atoms with E-state index in [4.69, 9.17) is 13.6 Å². The van der Waals surface area contributed by atoms with Gasteiger partial charge in [-0.05, 0) is 33.3 Å². The van der Waals surface area contributed by atoms with Crippen LogP contribution < -0.4 is 0 Å². The van der Waals surface area contributed by atoms with Crippen molar-refractivity contribution < 1.29 is 18.4 Å². The van der Waals surface area contributed by atoms with Crippen molar-refractivity contribution in [1.29, 1.82) is 0 Å². The molecule has 1 atom stereocenters. The van der Waals surface area contributed by atoms with Crippen LogP contribution in [-0.4, -0.2) is 44.5 Å². The van der Waals surface area contributed by atoms with E-state index in [2.05, 4.69) is 20.4 Å². The molecule has 0 radical (unpaired) electrons. The summed E-state index contributed by atoms with van der Waals surface area (Å²) < 4.78 is 16.4. The lowest BCUT2D eigenvalue weighted by atomic mass is 10.0. The third-order valence-corrected chi connectivity index (χ3v) is 3.85. The predicted molar refractivity (Wildman–Crippen MR) is 89.1 cm³/mol. The SMILES string of the molecule is CSc1nnc(CC(CC(=O)OC(C)(C)C)c2nnc(SC)o2)o1. The molecule has 0 aromatic carbocycles. The van der Waals surface area contributed by atoms with Crippen LogP contribution in [-0.2, 0) is 16.0 Å². The van der Waals surface area contributed by atoms with Crippen molar-refractivity contribution in [1.82, 2.24) is 20.4 Å². The molecule has 0 aliphatic rings. The molecule has 24 heavy (non-hydrogen) atoms. The van der Waals surface area contributed by atoms with E-state index >= 15 is 0 Å². The number of hydrogen-bond donors (Lipinski definition) is 0. The molecule has 0 N–H and O–H groups in total. The molecule has 0 saturated heterocycles. The molecule has 10 heteroatoms. The second-order valence-corrected chi connectivity index (χ2v) is 7.48. The molecule has 0 fully saturated rings. The van der Waals surface area contributed by atoms with Crippen LogP contribution in [0, 0.1) is 0 Å². The van der Waals surface area contributed by atoms with Crippen molar-refractivity contribution >= 4 is 29.5 Å². The first kappa shape index (κ1) is 18.8. The average molecular weight is 372 g/mol. The maximum absolute atomic E-state index is 12.2. The van der Waals surface area contributed by atoms with Crippen molar-refractivity contribution in [3.63, 3.8) is 0 Å². The summed E-state index contributed by atoms with van der Waals surface area (Å²) in [6.07, 6.45) is 4.09. The summed E-state index contributed by atoms with van der Waals surface area (Å²) in [5.41, 5.74) is -0.558. The first-order chi connectivity index (χ1) is 11.3. The van der Waals surface area contributed by atoms with Crippen molar-refractivity contribution in [3.05, 3.63) is 11.8 Å². The van der Waals surface area contributed by atoms with Crippen LogP contribution in [0.3, 0.4) is 0 Å². The van der Waals surface area contributed by atoms with Gasteiger partial charge in [0.05, 0.1) is 12.3 Å². The fourth-order valence-corrected chi connectivity index (χ4v) is 2.51. The Morgan fingerprint density at radius 1 is 1.08 bits per heavy atom. The van der Waals surface area contributed by atoms with Crippen LogP contribution in [0.5, 0.6) is 0 Å². The Hall–Kier alpha value is -1.55. The fourth-order valence-electron chi connectivity index (χ4n) is 1.91. The molecule has 0 amide bonds. The Bertz CT molecular complexity index is 680. The standard InChI is InChI=1S/C14H20N4O4S2/c1-14(2,3)22-10(19)7-8(11-16-18-13(21-11)24-5)6-9-15-17-12(20-9)23-4/h8H,6-7H2,1-5H3. The quantitative estimate of drug-likeness (QED) is 0.532. The van der Waals surface area contributed by atoms with Gasteiger partial charge in [-0.1, -0.05) is 23.5 Å². The van der Waals surface area contributed by atoms with Crippen LogP contribution in [0.4, 0.5) is 0 Å². The minimum absolute atomic E-state index is 0.0876. The highest BCUT2D eigenvalue weighted by Crippen LogP contribution is 2.27. The monoisotopic (exact) mass is 372 g/mol. The highest BCUT2D eigenvalue weighted by Gasteiger charge is 2.27. The normalized spacial score (nSPS) is 13.0. The average Bonchev–Trinajstić information content (AvgIpc) is 3.13. The Morgan fingerprint density at radius 3 is 2.25 bits per heavy atom. The summed E-state index contributed by atoms with van der Waals surface area (Å²) in [6.45, 7) is 5.46. The van der Waals surface area contributed by atoms with E-state index in [9.17, 15) is 4.79 Å². The fraction of sp³-hybridized carbons (Fsp3) is 0.643. The van der Waals surface area contributed by atoms with Gasteiger partial charge in [0.15, 0.2) is 0 Å². The van der Waals surface area contributed by atoms with Crippen molar-refractivity contribution in [2.24, 2.45) is 0 Å². The van der Waals surface area contributed by atoms with Gasteiger partial charge in [0.2, 0.25) is 11.8 Å². The minimum atomic E-state index is -0.558. The molecule has 132 valence electrons. The lowest BCUT2D eigenvalue weighted by Crippen LogP contribution is -2.25. The number of thioether (sulfide) groups is 2. The number of carbonyl (C=O) groups excluding carboxylic acids is 1. The number of esters is 1. The second kappa shape index (κ2) is 8.02. The molecular weight excluding hydrogens is 352 g/mol. The minimum Gasteiger partial charge on any atom is -0.460 e. The number of rotatable bonds is 7. The zero-order valence-electron chi connectivity index (χ0n) is 14.2. The van der Waals surface area contributed by atoms with Crippen LogP contribution in [0.1, 0.15) is 44.9 Å². The molecule has 0 bridgehead atoms. The van der Waals surface area contributed by atoms with Gasteiger partial charge in [-0.25, -0.2) is 0 Å². The summed E-state index contributed by atoms with van der Waals surface area (Å²) in [5.74, 6) is 0.0373. The molecule has 2 heterocycles. The van der Waals surface area contributed by atoms with Crippen LogP contribution >= 0.6 is 23.5 Å². The third kappa shape index (κ3) is 5.52. The largest absolute Gasteiger partial charge is 0.460 e. The van der Waals surface area contributed by atoms with Gasteiger partial charge in [0.25, 0.3) is 10.4 Å². The maximum atomic E-state index is 12.2. The molecule has 2 rings (SSSR count). The van der Waals surface area contributed by atoms with E-state index in [0.29, 0.717) is 28.6 Å². The zero-order valence-corrected chi connectivity index (χ0v) is 15.9. The number of nitrogens with zero attached hydrogens (tertiary/aromatic N) is 4. The molecule has 0 aliphatic carbocycles. The van der Waals surface area contributed by atoms with Crippen molar-refractivity contribution in [2.45, 2.75) is 55.6 Å². The summed E-state index contributed by atoms with van der Waals surface area (Å²) in [7, 11) is 0. The zero-order chi connectivity index (χ0) is 17.7. The number of hydrogen-bond acceptors (Lipinski definition) is 10. The number of aromatic nitrogens is 4. The van der Waals surface area contributed by atoms with E-state index in [0.717, 1.165) is 0 Å². The molecule has 1 unspecified atom stereocenters. The lowest BCUT2D eigenvalue weighted by Gasteiger charge is -2.20. The summed E-state index contributed by atoms with van der Waals surface area (Å²) in [4.78, 5) is 12.2. The van der Waals surface area contributed by atoms with Gasteiger partial charge in [0.1, 0.15) is 5.60 Å². The molecule has 2 aromatic heterocycles. The molecule has 0 aliphatic heterocycles. The predicted octanol–water partition coefficient (Wildman–Crippen LogP) is 2.95. The second-order valence-electron chi connectivity index (χ2n) is 5.97.